The zero-order valence-corrected chi connectivity index (χ0v) is 12.3. The van der Waals surface area contributed by atoms with Crippen LogP contribution in [0.5, 0.6) is 5.75 Å². The molecule has 0 spiro atoms. The first-order valence-corrected chi connectivity index (χ1v) is 6.59. The molecule has 0 aliphatic heterocycles. The number of halogens is 1. The summed E-state index contributed by atoms with van der Waals surface area (Å²) < 4.78 is 5.37. The van der Waals surface area contributed by atoms with Gasteiger partial charge in [0.15, 0.2) is 6.61 Å². The average Bonchev–Trinajstić information content (AvgIpc) is 2.44. The van der Waals surface area contributed by atoms with Gasteiger partial charge in [-0.25, -0.2) is 0 Å². The van der Waals surface area contributed by atoms with Crippen molar-refractivity contribution in [2.75, 3.05) is 19.7 Å². The second-order valence-electron chi connectivity index (χ2n) is 4.17. The molecule has 0 aliphatic carbocycles. The summed E-state index contributed by atoms with van der Waals surface area (Å²) in [6.45, 7) is 7.70. The molecule has 0 atom stereocenters. The lowest BCUT2D eigenvalue weighted by molar-refractivity contribution is -0.132. The monoisotopic (exact) mass is 308 g/mol. The Morgan fingerprint density at radius 2 is 1.90 bits per heavy atom. The van der Waals surface area contributed by atoms with Crippen LogP contribution in [0.25, 0.3) is 0 Å². The summed E-state index contributed by atoms with van der Waals surface area (Å²) in [5.74, 6) is -0.728. The van der Waals surface area contributed by atoms with E-state index in [0.29, 0.717) is 18.1 Å². The molecule has 21 heavy (non-hydrogen) atoms. The topological polar surface area (TPSA) is 72.6 Å². The van der Waals surface area contributed by atoms with Crippen molar-refractivity contribution in [2.45, 2.75) is 0 Å². The van der Waals surface area contributed by atoms with Crippen molar-refractivity contribution >= 4 is 23.4 Å². The molecule has 0 radical (unpaired) electrons. The van der Waals surface area contributed by atoms with E-state index >= 15 is 0 Å². The minimum atomic E-state index is -0.650. The van der Waals surface area contributed by atoms with Crippen LogP contribution in [0.2, 0.25) is 5.02 Å². The quantitative estimate of drug-likeness (QED) is 0.747. The fourth-order valence-corrected chi connectivity index (χ4v) is 1.80. The second-order valence-corrected chi connectivity index (χ2v) is 4.61. The molecule has 0 saturated heterocycles. The van der Waals surface area contributed by atoms with Crippen LogP contribution in [0.3, 0.4) is 0 Å². The highest BCUT2D eigenvalue weighted by Crippen LogP contribution is 2.23. The van der Waals surface area contributed by atoms with Gasteiger partial charge >= 0.3 is 0 Å². The first-order chi connectivity index (χ1) is 9.99. The number of nitrogens with two attached hydrogens (primary N) is 1. The second kappa shape index (κ2) is 8.11. The first-order valence-electron chi connectivity index (χ1n) is 6.21. The smallest absolute Gasteiger partial charge is 0.261 e. The van der Waals surface area contributed by atoms with Crippen molar-refractivity contribution in [3.8, 4) is 5.75 Å². The average molecular weight is 309 g/mol. The predicted molar refractivity (Wildman–Crippen MR) is 82.4 cm³/mol. The van der Waals surface area contributed by atoms with E-state index in [1.807, 2.05) is 0 Å². The molecular weight excluding hydrogens is 292 g/mol. The molecule has 0 unspecified atom stereocenters. The molecule has 1 rings (SSSR count). The van der Waals surface area contributed by atoms with Crippen molar-refractivity contribution in [3.05, 3.63) is 54.1 Å². The van der Waals surface area contributed by atoms with Crippen molar-refractivity contribution in [2.24, 2.45) is 5.73 Å². The minimum absolute atomic E-state index is 0.172. The van der Waals surface area contributed by atoms with Gasteiger partial charge in [-0.15, -0.1) is 13.2 Å². The number of carbonyl (C=O) groups excluding carboxylic acids is 2. The van der Waals surface area contributed by atoms with Gasteiger partial charge in [-0.1, -0.05) is 23.8 Å². The lowest BCUT2D eigenvalue weighted by Crippen LogP contribution is -2.35. The van der Waals surface area contributed by atoms with Crippen LogP contribution < -0.4 is 10.5 Å². The lowest BCUT2D eigenvalue weighted by Gasteiger charge is -2.19. The fourth-order valence-electron chi connectivity index (χ4n) is 1.64. The molecule has 0 aliphatic rings. The molecular formula is C15H17ClN2O3. The standard InChI is InChI=1S/C15H17ClN2O3/c1-3-7-18(8-4-2)14(19)10-21-13-9-11(16)5-6-12(13)15(17)20/h3-6,9H,1-2,7-8,10H2,(H2,17,20). The lowest BCUT2D eigenvalue weighted by atomic mass is 10.2. The molecule has 0 fully saturated rings. The SMILES string of the molecule is C=CCN(CC=C)C(=O)COc1cc(Cl)ccc1C(N)=O. The van der Waals surface area contributed by atoms with E-state index in [-0.39, 0.29) is 23.8 Å². The first kappa shape index (κ1) is 16.8. The molecule has 0 aromatic heterocycles. The Hall–Kier alpha value is -2.27. The van der Waals surface area contributed by atoms with E-state index in [9.17, 15) is 9.59 Å². The zero-order valence-electron chi connectivity index (χ0n) is 11.5. The number of nitrogens with zero attached hydrogens (tertiary/aromatic N) is 1. The summed E-state index contributed by atoms with van der Waals surface area (Å²) in [4.78, 5) is 24.8. The van der Waals surface area contributed by atoms with Crippen LogP contribution in [-0.4, -0.2) is 36.4 Å². The summed E-state index contributed by atoms with van der Waals surface area (Å²) in [6, 6.07) is 4.42. The van der Waals surface area contributed by atoms with Crippen LogP contribution in [0.15, 0.2) is 43.5 Å². The number of carbonyl (C=O) groups is 2. The van der Waals surface area contributed by atoms with E-state index in [1.165, 1.54) is 23.1 Å². The maximum atomic E-state index is 12.0. The number of ether oxygens (including phenoxy) is 1. The van der Waals surface area contributed by atoms with Crippen LogP contribution in [-0.2, 0) is 4.79 Å². The van der Waals surface area contributed by atoms with E-state index in [0.717, 1.165) is 0 Å². The Morgan fingerprint density at radius 1 is 1.29 bits per heavy atom. The van der Waals surface area contributed by atoms with Crippen molar-refractivity contribution in [1.82, 2.24) is 4.90 Å². The molecule has 0 heterocycles. The maximum Gasteiger partial charge on any atom is 0.261 e. The maximum absolute atomic E-state index is 12.0. The third-order valence-electron chi connectivity index (χ3n) is 2.61. The van der Waals surface area contributed by atoms with E-state index in [1.54, 1.807) is 12.2 Å². The number of rotatable bonds is 8. The van der Waals surface area contributed by atoms with Gasteiger partial charge in [0.05, 0.1) is 5.56 Å². The van der Waals surface area contributed by atoms with Crippen LogP contribution in [0.1, 0.15) is 10.4 Å². The minimum Gasteiger partial charge on any atom is -0.483 e. The Morgan fingerprint density at radius 3 is 2.43 bits per heavy atom. The summed E-state index contributed by atoms with van der Waals surface area (Å²) in [6.07, 6.45) is 3.21. The van der Waals surface area contributed by atoms with Gasteiger partial charge in [0, 0.05) is 18.1 Å². The highest BCUT2D eigenvalue weighted by molar-refractivity contribution is 6.30. The summed E-state index contributed by atoms with van der Waals surface area (Å²) in [7, 11) is 0. The van der Waals surface area contributed by atoms with E-state index in [4.69, 9.17) is 22.1 Å². The van der Waals surface area contributed by atoms with Crippen molar-refractivity contribution in [1.29, 1.82) is 0 Å². The Balaban J connectivity index is 2.80. The molecule has 2 amide bonds. The number of benzene rings is 1. The third-order valence-corrected chi connectivity index (χ3v) is 2.85. The van der Waals surface area contributed by atoms with Crippen molar-refractivity contribution < 1.29 is 14.3 Å². The highest BCUT2D eigenvalue weighted by Gasteiger charge is 2.15. The summed E-state index contributed by atoms with van der Waals surface area (Å²) in [5.41, 5.74) is 5.41. The van der Waals surface area contributed by atoms with E-state index in [2.05, 4.69) is 13.2 Å². The highest BCUT2D eigenvalue weighted by atomic mass is 35.5. The molecule has 1 aromatic carbocycles. The van der Waals surface area contributed by atoms with Crippen LogP contribution in [0, 0.1) is 0 Å². The van der Waals surface area contributed by atoms with Crippen LogP contribution >= 0.6 is 11.6 Å². The van der Waals surface area contributed by atoms with Gasteiger partial charge in [-0.05, 0) is 18.2 Å². The normalized spacial score (nSPS) is 9.76. The number of hydrogen-bond donors (Lipinski definition) is 1. The van der Waals surface area contributed by atoms with E-state index < -0.39 is 5.91 Å². The van der Waals surface area contributed by atoms with Crippen molar-refractivity contribution in [3.63, 3.8) is 0 Å². The number of primary amides is 1. The van der Waals surface area contributed by atoms with Gasteiger partial charge in [-0.3, -0.25) is 9.59 Å². The number of hydrogen-bond acceptors (Lipinski definition) is 3. The van der Waals surface area contributed by atoms with Gasteiger partial charge in [0.25, 0.3) is 11.8 Å². The van der Waals surface area contributed by atoms with Gasteiger partial charge in [-0.2, -0.15) is 0 Å². The molecule has 112 valence electrons. The molecule has 5 nitrogen and oxygen atoms in total. The van der Waals surface area contributed by atoms with Gasteiger partial charge in [0.2, 0.25) is 0 Å². The largest absolute Gasteiger partial charge is 0.483 e. The molecule has 6 heteroatoms. The molecule has 1 aromatic rings. The third kappa shape index (κ3) is 4.96. The Labute approximate surface area is 128 Å². The fraction of sp³-hybridized carbons (Fsp3) is 0.200. The Bertz CT molecular complexity index is 548. The summed E-state index contributed by atoms with van der Waals surface area (Å²) >= 11 is 5.84. The molecule has 2 N–H and O–H groups in total. The zero-order chi connectivity index (χ0) is 15.8. The molecule has 0 bridgehead atoms. The molecule has 0 saturated carbocycles. The predicted octanol–water partition coefficient (Wildman–Crippen LogP) is 2.02. The van der Waals surface area contributed by atoms with Gasteiger partial charge in [0.1, 0.15) is 5.75 Å². The van der Waals surface area contributed by atoms with Gasteiger partial charge < -0.3 is 15.4 Å². The number of amides is 2. The summed E-state index contributed by atoms with van der Waals surface area (Å²) in [5, 5.41) is 0.386. The van der Waals surface area contributed by atoms with Crippen LogP contribution in [0.4, 0.5) is 0 Å². The Kier molecular flexibility index (Phi) is 6.49.